The monoisotopic (exact) mass is 1460 g/mol. The lowest BCUT2D eigenvalue weighted by Crippen LogP contribution is -2.38. The van der Waals surface area contributed by atoms with Crippen LogP contribution in [0.4, 0.5) is 17.1 Å². The number of likely N-dealkylation sites (tertiary alicyclic amines) is 2. The SMILES string of the molecule is CN(C)CCCN(C)Cc1ccc(C2CCc3ccccc3N2S(=O)(=O)c2ccc(Cl)cc2)cc1.O=S(=O)(c1ccc(Cl)cc1)N1c2ccccc2CCC1c1ccc(CN2CCCC2)cc1.O=S(=O)(c1ccc(Cl)cc1)N1c2ccccc2CCC1c1ccc(CN2CCCCC2)cc1. The summed E-state index contributed by atoms with van der Waals surface area (Å²) in [5, 5.41) is 1.56. The second kappa shape index (κ2) is 32.9. The molecule has 14 rings (SSSR count). The van der Waals surface area contributed by atoms with Crippen molar-refractivity contribution in [3.8, 4) is 0 Å². The lowest BCUT2D eigenvalue weighted by Gasteiger charge is -2.38. The summed E-state index contributed by atoms with van der Waals surface area (Å²) in [6.07, 6.45) is 12.3. The Morgan fingerprint density at radius 2 is 0.660 bits per heavy atom. The van der Waals surface area contributed by atoms with E-state index in [9.17, 15) is 25.3 Å². The number of fused-ring (bicyclic) bond motifs is 3. The second-order valence-electron chi connectivity index (χ2n) is 27.3. The third kappa shape index (κ3) is 17.3. The van der Waals surface area contributed by atoms with Crippen molar-refractivity contribution in [3.63, 3.8) is 0 Å². The lowest BCUT2D eigenvalue weighted by atomic mass is 9.93. The summed E-state index contributed by atoms with van der Waals surface area (Å²) >= 11 is 18.1. The van der Waals surface area contributed by atoms with E-state index in [1.807, 2.05) is 72.8 Å². The first-order valence-corrected chi connectivity index (χ1v) is 40.4. The van der Waals surface area contributed by atoms with Gasteiger partial charge in [-0.15, -0.1) is 0 Å². The average molecular weight is 1460 g/mol. The maximum atomic E-state index is 13.9. The summed E-state index contributed by atoms with van der Waals surface area (Å²) in [7, 11) is -4.95. The predicted octanol–water partition coefficient (Wildman–Crippen LogP) is 17.6. The normalized spacial score (nSPS) is 18.1. The van der Waals surface area contributed by atoms with E-state index in [2.05, 4.69) is 114 Å². The topological polar surface area (TPSA) is 125 Å². The highest BCUT2D eigenvalue weighted by Crippen LogP contribution is 2.46. The molecule has 0 aromatic heterocycles. The number of sulfonamides is 3. The van der Waals surface area contributed by atoms with E-state index in [0.29, 0.717) is 15.1 Å². The van der Waals surface area contributed by atoms with Crippen molar-refractivity contribution in [2.24, 2.45) is 0 Å². The first-order chi connectivity index (χ1) is 48.3. The quantitative estimate of drug-likeness (QED) is 0.0773. The summed E-state index contributed by atoms with van der Waals surface area (Å²) in [5.41, 5.74) is 12.3. The van der Waals surface area contributed by atoms with Gasteiger partial charge in [-0.3, -0.25) is 22.7 Å². The molecule has 0 spiro atoms. The second-order valence-corrected chi connectivity index (χ2v) is 34.0. The molecule has 5 heterocycles. The van der Waals surface area contributed by atoms with Gasteiger partial charge in [0.15, 0.2) is 0 Å². The van der Waals surface area contributed by atoms with E-state index >= 15 is 0 Å². The van der Waals surface area contributed by atoms with Gasteiger partial charge >= 0.3 is 0 Å². The minimum absolute atomic E-state index is 0.244. The Morgan fingerprint density at radius 3 is 0.980 bits per heavy atom. The van der Waals surface area contributed by atoms with E-state index < -0.39 is 30.1 Å². The standard InChI is InChI=1S/C28H34ClN3O2S.C27H29ClN2O2S.C26H27ClN2O2S/c1-30(2)19-6-20-31(3)21-22-9-11-24(12-10-22)28-18-13-23-7-4-5-8-27(23)32(28)35(33,34)26-16-14-25(29)15-17-26;28-24-13-15-25(16-14-24)33(31,32)30-26-7-3-2-6-22(26)12-17-27(30)23-10-8-21(9-11-23)20-29-18-4-1-5-19-29;27-23-12-14-24(15-13-23)32(30,31)29-25-6-2-1-5-21(25)11-16-26(29)22-9-7-20(8-10-22)19-28-17-3-4-18-28/h4-5,7-12,14-17,28H,6,13,18-21H2,1-3H3;2-3,6-11,13-16,27H,1,4-5,12,17-20H2;1-2,5-10,12-15,26H,3-4,11,16-19H2. The maximum absolute atomic E-state index is 13.9. The van der Waals surface area contributed by atoms with Crippen molar-refractivity contribution < 1.29 is 25.3 Å². The van der Waals surface area contributed by atoms with E-state index in [1.54, 1.807) is 85.7 Å². The van der Waals surface area contributed by atoms with Crippen LogP contribution in [0.1, 0.15) is 126 Å². The Labute approximate surface area is 608 Å². The van der Waals surface area contributed by atoms with E-state index in [0.717, 1.165) is 154 Å². The van der Waals surface area contributed by atoms with Crippen molar-refractivity contribution in [3.05, 3.63) is 284 Å². The zero-order chi connectivity index (χ0) is 70.0. The van der Waals surface area contributed by atoms with E-state index in [-0.39, 0.29) is 32.8 Å². The van der Waals surface area contributed by atoms with Gasteiger partial charge in [0.2, 0.25) is 0 Å². The maximum Gasteiger partial charge on any atom is 0.264 e. The van der Waals surface area contributed by atoms with Gasteiger partial charge in [0, 0.05) is 34.7 Å². The molecule has 3 unspecified atom stereocenters. The fraction of sp³-hybridized carbons (Fsp3) is 0.333. The molecule has 5 aliphatic rings. The third-order valence-corrected chi connectivity index (χ3v) is 26.1. The van der Waals surface area contributed by atoms with Crippen molar-refractivity contribution in [2.45, 2.75) is 129 Å². The Balaban J connectivity index is 0.000000142. The summed E-state index contributed by atoms with van der Waals surface area (Å²) < 4.78 is 87.9. The summed E-state index contributed by atoms with van der Waals surface area (Å²) in [4.78, 5) is 10.3. The number of hydrogen-bond acceptors (Lipinski definition) is 10. The number of rotatable bonds is 19. The predicted molar refractivity (Wildman–Crippen MR) is 408 cm³/mol. The fourth-order valence-corrected chi connectivity index (χ4v) is 20.2. The molecule has 0 saturated carbocycles. The van der Waals surface area contributed by atoms with Crippen molar-refractivity contribution in [1.29, 1.82) is 0 Å². The van der Waals surface area contributed by atoms with Gasteiger partial charge in [-0.2, -0.15) is 0 Å². The molecule has 9 aromatic rings. The molecule has 0 amide bonds. The number of halogens is 3. The average Bonchev–Trinajstić information content (AvgIpc) is 0.792. The fourth-order valence-electron chi connectivity index (χ4n) is 14.7. The molecular weight excluding hydrogens is 1370 g/mol. The summed E-state index contributed by atoms with van der Waals surface area (Å²) in [6.45, 7) is 9.54. The molecule has 0 aliphatic carbocycles. The van der Waals surface area contributed by atoms with Gasteiger partial charge in [0.25, 0.3) is 30.1 Å². The molecule has 2 saturated heterocycles. The van der Waals surface area contributed by atoms with Crippen LogP contribution < -0.4 is 12.9 Å². The Bertz CT molecular complexity index is 4540. The van der Waals surface area contributed by atoms with E-state index in [1.165, 1.54) is 48.8 Å². The minimum Gasteiger partial charge on any atom is -0.309 e. The highest BCUT2D eigenvalue weighted by atomic mass is 35.5. The van der Waals surface area contributed by atoms with Gasteiger partial charge in [0.05, 0.1) is 49.9 Å². The highest BCUT2D eigenvalue weighted by molar-refractivity contribution is 7.93. The molecule has 5 aliphatic heterocycles. The van der Waals surface area contributed by atoms with Crippen molar-refractivity contribution in [1.82, 2.24) is 19.6 Å². The van der Waals surface area contributed by atoms with Crippen molar-refractivity contribution >= 4 is 81.9 Å². The molecule has 100 heavy (non-hydrogen) atoms. The molecule has 0 radical (unpaired) electrons. The summed E-state index contributed by atoms with van der Waals surface area (Å²) in [6, 6.07) is 67.5. The van der Waals surface area contributed by atoms with Gasteiger partial charge in [0.1, 0.15) is 0 Å². The largest absolute Gasteiger partial charge is 0.309 e. The van der Waals surface area contributed by atoms with Crippen LogP contribution in [-0.4, -0.2) is 105 Å². The molecule has 0 bridgehead atoms. The molecule has 9 aromatic carbocycles. The van der Waals surface area contributed by atoms with Crippen LogP contribution >= 0.6 is 34.8 Å². The van der Waals surface area contributed by atoms with Gasteiger partial charge in [-0.1, -0.05) is 169 Å². The first kappa shape index (κ1) is 72.7. The van der Waals surface area contributed by atoms with Crippen LogP contribution in [0.25, 0.3) is 0 Å². The number of para-hydroxylation sites is 3. The molecule has 19 heteroatoms. The summed E-state index contributed by atoms with van der Waals surface area (Å²) in [5.74, 6) is 0. The first-order valence-electron chi connectivity index (χ1n) is 35.0. The van der Waals surface area contributed by atoms with Gasteiger partial charge in [-0.05, 0) is 272 Å². The van der Waals surface area contributed by atoms with Crippen LogP contribution in [-0.2, 0) is 69.0 Å². The van der Waals surface area contributed by atoms with Crippen molar-refractivity contribution in [2.75, 3.05) is 73.3 Å². The Hall–Kier alpha value is -7.06. The van der Waals surface area contributed by atoms with Gasteiger partial charge in [-0.25, -0.2) is 25.3 Å². The smallest absolute Gasteiger partial charge is 0.264 e. The van der Waals surface area contributed by atoms with Crippen LogP contribution in [0, 0.1) is 0 Å². The van der Waals surface area contributed by atoms with Crippen LogP contribution in [0.2, 0.25) is 15.1 Å². The number of nitrogens with zero attached hydrogens (tertiary/aromatic N) is 7. The number of aryl methyl sites for hydroxylation is 3. The number of piperidine rings is 1. The third-order valence-electron chi connectivity index (χ3n) is 19.9. The molecule has 3 atom stereocenters. The minimum atomic E-state index is -3.77. The molecule has 2 fully saturated rings. The zero-order valence-electron chi connectivity index (χ0n) is 57.3. The Kier molecular flexibility index (Phi) is 24.0. The van der Waals surface area contributed by atoms with Crippen LogP contribution in [0.15, 0.2) is 233 Å². The lowest BCUT2D eigenvalue weighted by molar-refractivity contribution is 0.221. The number of hydrogen-bond donors (Lipinski definition) is 0. The Morgan fingerprint density at radius 1 is 0.360 bits per heavy atom. The number of anilines is 3. The van der Waals surface area contributed by atoms with E-state index in [4.69, 9.17) is 34.8 Å². The highest BCUT2D eigenvalue weighted by Gasteiger charge is 2.40. The van der Waals surface area contributed by atoms with Crippen LogP contribution in [0.3, 0.4) is 0 Å². The zero-order valence-corrected chi connectivity index (χ0v) is 62.0. The number of benzene rings is 9. The van der Waals surface area contributed by atoms with Gasteiger partial charge < -0.3 is 9.80 Å². The molecule has 524 valence electrons. The molecular formula is C81H90Cl3N7O6S3. The van der Waals surface area contributed by atoms with Crippen LogP contribution in [0.5, 0.6) is 0 Å². The molecule has 13 nitrogen and oxygen atoms in total. The molecule has 0 N–H and O–H groups in total.